The van der Waals surface area contributed by atoms with Crippen molar-refractivity contribution in [3.63, 3.8) is 0 Å². The van der Waals surface area contributed by atoms with Gasteiger partial charge >= 0.3 is 6.03 Å². The van der Waals surface area contributed by atoms with Gasteiger partial charge in [-0.2, -0.15) is 10.2 Å². The van der Waals surface area contributed by atoms with Crippen molar-refractivity contribution in [3.8, 4) is 5.69 Å². The molecule has 4 aromatic rings. The van der Waals surface area contributed by atoms with E-state index in [1.165, 1.54) is 0 Å². The highest BCUT2D eigenvalue weighted by molar-refractivity contribution is 6.44. The largest absolute Gasteiger partial charge is 0.324 e. The Morgan fingerprint density at radius 3 is 2.67 bits per heavy atom. The van der Waals surface area contributed by atoms with Crippen LogP contribution in [0.3, 0.4) is 0 Å². The number of carbonyl (C=O) groups excluding carboxylic acids is 1. The SMILES string of the molecule is CC(C)(C)c1cc(NC(=O)Nc2cccc(Cl)c2Cl)n(-c2ccc3cn[nH]c3c2)n1. The number of carbonyl (C=O) groups is 1. The third kappa shape index (κ3) is 3.99. The standard InChI is InChI=1S/C21H20Cl2N6O/c1-21(2,3)17-10-18(26-20(30)25-15-6-4-5-14(22)19(15)23)29(28-17)13-8-7-12-11-24-27-16(12)9-13/h4-11H,1-3H3,(H,24,27)(H2,25,26,30). The van der Waals surface area contributed by atoms with Gasteiger partial charge in [0.25, 0.3) is 0 Å². The molecule has 0 bridgehead atoms. The van der Waals surface area contributed by atoms with Gasteiger partial charge in [-0.25, -0.2) is 9.48 Å². The number of amides is 2. The molecule has 0 aliphatic rings. The van der Waals surface area contributed by atoms with E-state index >= 15 is 0 Å². The number of hydrogen-bond acceptors (Lipinski definition) is 3. The van der Waals surface area contributed by atoms with Crippen LogP contribution in [0.15, 0.2) is 48.7 Å². The van der Waals surface area contributed by atoms with Crippen LogP contribution in [0.1, 0.15) is 26.5 Å². The maximum atomic E-state index is 12.7. The van der Waals surface area contributed by atoms with E-state index in [0.29, 0.717) is 16.5 Å². The van der Waals surface area contributed by atoms with Gasteiger partial charge in [0.1, 0.15) is 5.82 Å². The molecule has 0 unspecified atom stereocenters. The topological polar surface area (TPSA) is 87.6 Å². The average molecular weight is 443 g/mol. The smallest absolute Gasteiger partial charge is 0.306 e. The molecule has 2 amide bonds. The zero-order valence-corrected chi connectivity index (χ0v) is 18.1. The molecule has 0 aliphatic carbocycles. The van der Waals surface area contributed by atoms with Gasteiger partial charge in [0, 0.05) is 16.9 Å². The molecule has 0 saturated heterocycles. The zero-order chi connectivity index (χ0) is 21.5. The van der Waals surface area contributed by atoms with E-state index in [4.69, 9.17) is 28.3 Å². The lowest BCUT2D eigenvalue weighted by Crippen LogP contribution is -2.21. The highest BCUT2D eigenvalue weighted by atomic mass is 35.5. The lowest BCUT2D eigenvalue weighted by atomic mass is 9.92. The lowest BCUT2D eigenvalue weighted by molar-refractivity contribution is 0.262. The second-order valence-corrected chi connectivity index (χ2v) is 8.68. The highest BCUT2D eigenvalue weighted by Gasteiger charge is 2.22. The molecular formula is C21H20Cl2N6O. The predicted octanol–water partition coefficient (Wildman–Crippen LogP) is 6.00. The Hall–Kier alpha value is -3.03. The maximum absolute atomic E-state index is 12.7. The average Bonchev–Trinajstić information content (AvgIpc) is 3.31. The molecule has 0 atom stereocenters. The van der Waals surface area contributed by atoms with Crippen molar-refractivity contribution < 1.29 is 4.79 Å². The summed E-state index contributed by atoms with van der Waals surface area (Å²) in [6, 6.07) is 12.3. The molecule has 0 aliphatic heterocycles. The van der Waals surface area contributed by atoms with Gasteiger partial charge in [-0.05, 0) is 30.3 Å². The summed E-state index contributed by atoms with van der Waals surface area (Å²) >= 11 is 12.2. The molecule has 30 heavy (non-hydrogen) atoms. The van der Waals surface area contributed by atoms with Crippen LogP contribution in [0, 0.1) is 0 Å². The number of H-pyrrole nitrogens is 1. The fraction of sp³-hybridized carbons (Fsp3) is 0.190. The summed E-state index contributed by atoms with van der Waals surface area (Å²) < 4.78 is 1.69. The van der Waals surface area contributed by atoms with E-state index < -0.39 is 6.03 Å². The first kappa shape index (κ1) is 20.3. The Bertz CT molecular complexity index is 1240. The number of hydrogen-bond donors (Lipinski definition) is 3. The number of aromatic amines is 1. The molecule has 0 spiro atoms. The third-order valence-electron chi connectivity index (χ3n) is 4.59. The highest BCUT2D eigenvalue weighted by Crippen LogP contribution is 2.30. The van der Waals surface area contributed by atoms with Crippen molar-refractivity contribution in [3.05, 3.63) is 64.4 Å². The summed E-state index contributed by atoms with van der Waals surface area (Å²) in [4.78, 5) is 12.7. The Morgan fingerprint density at radius 2 is 1.90 bits per heavy atom. The van der Waals surface area contributed by atoms with Crippen LogP contribution >= 0.6 is 23.2 Å². The molecule has 3 N–H and O–H groups in total. The van der Waals surface area contributed by atoms with E-state index in [1.54, 1.807) is 29.1 Å². The molecule has 154 valence electrons. The number of nitrogens with zero attached hydrogens (tertiary/aromatic N) is 3. The van der Waals surface area contributed by atoms with E-state index in [-0.39, 0.29) is 10.4 Å². The van der Waals surface area contributed by atoms with Gasteiger partial charge in [0.15, 0.2) is 0 Å². The summed E-state index contributed by atoms with van der Waals surface area (Å²) in [6.45, 7) is 6.19. The number of aromatic nitrogens is 4. The van der Waals surface area contributed by atoms with Crippen molar-refractivity contribution in [2.24, 2.45) is 0 Å². The van der Waals surface area contributed by atoms with Gasteiger partial charge in [-0.15, -0.1) is 0 Å². The van der Waals surface area contributed by atoms with E-state index in [1.807, 2.05) is 24.3 Å². The van der Waals surface area contributed by atoms with Crippen LogP contribution in [0.4, 0.5) is 16.3 Å². The van der Waals surface area contributed by atoms with Gasteiger partial charge in [0.2, 0.25) is 0 Å². The number of anilines is 2. The van der Waals surface area contributed by atoms with Crippen molar-refractivity contribution >= 4 is 51.6 Å². The summed E-state index contributed by atoms with van der Waals surface area (Å²) in [5, 5.41) is 19.0. The molecule has 2 aromatic heterocycles. The van der Waals surface area contributed by atoms with Crippen LogP contribution in [0.5, 0.6) is 0 Å². The number of rotatable bonds is 3. The number of halogens is 2. The molecule has 7 nitrogen and oxygen atoms in total. The van der Waals surface area contributed by atoms with Gasteiger partial charge in [-0.1, -0.05) is 50.0 Å². The van der Waals surface area contributed by atoms with Crippen molar-refractivity contribution in [1.82, 2.24) is 20.0 Å². The second kappa shape index (κ2) is 7.66. The number of urea groups is 1. The second-order valence-electron chi connectivity index (χ2n) is 7.90. The van der Waals surface area contributed by atoms with E-state index in [0.717, 1.165) is 22.3 Å². The Kier molecular flexibility index (Phi) is 5.17. The van der Waals surface area contributed by atoms with Crippen LogP contribution in [-0.4, -0.2) is 26.0 Å². The molecule has 9 heteroatoms. The van der Waals surface area contributed by atoms with Crippen LogP contribution in [-0.2, 0) is 5.41 Å². The first-order valence-electron chi connectivity index (χ1n) is 9.28. The van der Waals surface area contributed by atoms with Crippen LogP contribution in [0.25, 0.3) is 16.6 Å². The minimum Gasteiger partial charge on any atom is -0.306 e. The maximum Gasteiger partial charge on any atom is 0.324 e. The Labute approximate surface area is 183 Å². The molecule has 0 fully saturated rings. The molecular weight excluding hydrogens is 423 g/mol. The summed E-state index contributed by atoms with van der Waals surface area (Å²) in [5.41, 5.74) is 2.72. The molecule has 2 heterocycles. The molecule has 0 saturated carbocycles. The summed E-state index contributed by atoms with van der Waals surface area (Å²) in [6.07, 6.45) is 1.75. The zero-order valence-electron chi connectivity index (χ0n) is 16.6. The van der Waals surface area contributed by atoms with Gasteiger partial charge in [-0.3, -0.25) is 10.4 Å². The van der Waals surface area contributed by atoms with Gasteiger partial charge in [0.05, 0.1) is 38.8 Å². The van der Waals surface area contributed by atoms with Crippen molar-refractivity contribution in [2.75, 3.05) is 10.6 Å². The van der Waals surface area contributed by atoms with E-state index in [2.05, 4.69) is 41.6 Å². The van der Waals surface area contributed by atoms with Gasteiger partial charge < -0.3 is 5.32 Å². The monoisotopic (exact) mass is 442 g/mol. The normalized spacial score (nSPS) is 11.6. The minimum atomic E-state index is -0.455. The van der Waals surface area contributed by atoms with Crippen LogP contribution < -0.4 is 10.6 Å². The lowest BCUT2D eigenvalue weighted by Gasteiger charge is -2.14. The molecule has 4 rings (SSSR count). The number of nitrogens with one attached hydrogen (secondary N) is 3. The quantitative estimate of drug-likeness (QED) is 0.363. The fourth-order valence-electron chi connectivity index (χ4n) is 2.96. The minimum absolute atomic E-state index is 0.202. The Morgan fingerprint density at radius 1 is 1.10 bits per heavy atom. The summed E-state index contributed by atoms with van der Waals surface area (Å²) in [5.74, 6) is 0.523. The number of fused-ring (bicyclic) bond motifs is 1. The first-order chi connectivity index (χ1) is 14.2. The third-order valence-corrected chi connectivity index (χ3v) is 5.41. The van der Waals surface area contributed by atoms with Crippen molar-refractivity contribution in [2.45, 2.75) is 26.2 Å². The Balaban J connectivity index is 1.68. The molecule has 0 radical (unpaired) electrons. The fourth-order valence-corrected chi connectivity index (χ4v) is 3.31. The number of benzene rings is 2. The van der Waals surface area contributed by atoms with Crippen LogP contribution in [0.2, 0.25) is 10.0 Å². The summed E-state index contributed by atoms with van der Waals surface area (Å²) in [7, 11) is 0. The predicted molar refractivity (Wildman–Crippen MR) is 121 cm³/mol. The molecule has 2 aromatic carbocycles. The first-order valence-corrected chi connectivity index (χ1v) is 10.0. The van der Waals surface area contributed by atoms with E-state index in [9.17, 15) is 4.79 Å². The van der Waals surface area contributed by atoms with Crippen molar-refractivity contribution in [1.29, 1.82) is 0 Å².